The van der Waals surface area contributed by atoms with Gasteiger partial charge in [-0.2, -0.15) is 0 Å². The minimum atomic E-state index is -0.113. The minimum absolute atomic E-state index is 0.103. The van der Waals surface area contributed by atoms with Gasteiger partial charge in [-0.15, -0.1) is 11.3 Å². The third-order valence-electron chi connectivity index (χ3n) is 5.14. The molecule has 5 heteroatoms. The Labute approximate surface area is 142 Å². The number of hydrogen-bond donors (Lipinski definition) is 2. The summed E-state index contributed by atoms with van der Waals surface area (Å²) in [6.07, 6.45) is 6.01. The van der Waals surface area contributed by atoms with Crippen LogP contribution in [0.3, 0.4) is 0 Å². The summed E-state index contributed by atoms with van der Waals surface area (Å²) < 4.78 is 0. The molecule has 4 nitrogen and oxygen atoms in total. The van der Waals surface area contributed by atoms with E-state index in [0.717, 1.165) is 69.8 Å². The zero-order valence-corrected chi connectivity index (χ0v) is 14.8. The van der Waals surface area contributed by atoms with E-state index >= 15 is 0 Å². The van der Waals surface area contributed by atoms with E-state index in [1.54, 1.807) is 11.3 Å². The summed E-state index contributed by atoms with van der Waals surface area (Å²) in [5, 5.41) is 14.6. The fourth-order valence-corrected chi connectivity index (χ4v) is 4.85. The number of fused-ring (bicyclic) bond motifs is 1. The van der Waals surface area contributed by atoms with Crippen molar-refractivity contribution in [2.45, 2.75) is 51.6 Å². The molecular formula is C18H28N2O2S. The Morgan fingerprint density at radius 3 is 2.96 bits per heavy atom. The fourth-order valence-electron chi connectivity index (χ4n) is 3.61. The van der Waals surface area contributed by atoms with E-state index in [1.807, 2.05) is 5.38 Å². The molecule has 2 heterocycles. The van der Waals surface area contributed by atoms with Crippen molar-refractivity contribution >= 4 is 17.2 Å². The lowest BCUT2D eigenvalue weighted by atomic mass is 9.88. The molecule has 1 amide bonds. The van der Waals surface area contributed by atoms with E-state index in [-0.39, 0.29) is 12.0 Å². The zero-order chi connectivity index (χ0) is 16.2. The van der Waals surface area contributed by atoms with Gasteiger partial charge in [0.25, 0.3) is 5.91 Å². The molecule has 1 aliphatic carbocycles. The van der Waals surface area contributed by atoms with Crippen molar-refractivity contribution in [2.24, 2.45) is 5.92 Å². The van der Waals surface area contributed by atoms with E-state index < -0.39 is 0 Å². The standard InChI is InChI=1S/C18H28N2O2S/c1-13-3-4-15-16(12-23-17(15)11-13)18(22)19-7-2-8-20-9-5-14(21)6-10-20/h12-14,21H,2-11H2,1H3,(H,19,22). The molecule has 2 aliphatic rings. The Bertz CT molecular complexity index is 535. The number of thiophene rings is 1. The van der Waals surface area contributed by atoms with Gasteiger partial charge in [-0.1, -0.05) is 6.92 Å². The summed E-state index contributed by atoms with van der Waals surface area (Å²) in [7, 11) is 0. The first-order valence-corrected chi connectivity index (χ1v) is 9.79. The predicted octanol–water partition coefficient (Wildman–Crippen LogP) is 2.45. The van der Waals surface area contributed by atoms with E-state index in [9.17, 15) is 9.90 Å². The number of carbonyl (C=O) groups is 1. The molecule has 1 unspecified atom stereocenters. The molecule has 0 bridgehead atoms. The molecule has 0 saturated carbocycles. The van der Waals surface area contributed by atoms with Crippen molar-refractivity contribution in [1.82, 2.24) is 10.2 Å². The molecule has 0 aromatic carbocycles. The van der Waals surface area contributed by atoms with Gasteiger partial charge in [0, 0.05) is 29.9 Å². The van der Waals surface area contributed by atoms with Crippen molar-refractivity contribution in [3.05, 3.63) is 21.4 Å². The molecule has 1 aliphatic heterocycles. The number of aliphatic hydroxyl groups is 1. The third-order valence-corrected chi connectivity index (χ3v) is 6.19. The Morgan fingerprint density at radius 2 is 2.17 bits per heavy atom. The second-order valence-electron chi connectivity index (χ2n) is 7.08. The van der Waals surface area contributed by atoms with Crippen LogP contribution in [0.4, 0.5) is 0 Å². The largest absolute Gasteiger partial charge is 0.393 e. The van der Waals surface area contributed by atoms with Gasteiger partial charge in [0.1, 0.15) is 0 Å². The average Bonchev–Trinajstić information content (AvgIpc) is 2.96. The van der Waals surface area contributed by atoms with Crippen LogP contribution < -0.4 is 5.32 Å². The molecule has 1 fully saturated rings. The third kappa shape index (κ3) is 4.34. The van der Waals surface area contributed by atoms with Gasteiger partial charge < -0.3 is 15.3 Å². The molecule has 1 aromatic rings. The number of aliphatic hydroxyl groups excluding tert-OH is 1. The van der Waals surface area contributed by atoms with E-state index in [4.69, 9.17) is 0 Å². The molecular weight excluding hydrogens is 308 g/mol. The number of carbonyl (C=O) groups excluding carboxylic acids is 1. The molecule has 128 valence electrons. The monoisotopic (exact) mass is 336 g/mol. The van der Waals surface area contributed by atoms with Crippen LogP contribution in [0.5, 0.6) is 0 Å². The minimum Gasteiger partial charge on any atom is -0.393 e. The van der Waals surface area contributed by atoms with Crippen molar-refractivity contribution in [1.29, 1.82) is 0 Å². The van der Waals surface area contributed by atoms with Crippen LogP contribution in [0, 0.1) is 5.92 Å². The number of hydrogen-bond acceptors (Lipinski definition) is 4. The van der Waals surface area contributed by atoms with Crippen LogP contribution in [-0.4, -0.2) is 48.2 Å². The zero-order valence-electron chi connectivity index (χ0n) is 14.0. The first-order valence-electron chi connectivity index (χ1n) is 8.91. The lowest BCUT2D eigenvalue weighted by Gasteiger charge is -2.29. The quantitative estimate of drug-likeness (QED) is 0.812. The molecule has 1 aromatic heterocycles. The van der Waals surface area contributed by atoms with Gasteiger partial charge in [-0.25, -0.2) is 0 Å². The van der Waals surface area contributed by atoms with Gasteiger partial charge >= 0.3 is 0 Å². The first kappa shape index (κ1) is 16.9. The number of piperidine rings is 1. The number of nitrogens with one attached hydrogen (secondary N) is 1. The molecule has 2 N–H and O–H groups in total. The highest BCUT2D eigenvalue weighted by atomic mass is 32.1. The lowest BCUT2D eigenvalue weighted by molar-refractivity contribution is 0.0816. The summed E-state index contributed by atoms with van der Waals surface area (Å²) in [5.41, 5.74) is 2.22. The Hall–Kier alpha value is -0.910. The van der Waals surface area contributed by atoms with Crippen LogP contribution in [0.1, 0.15) is 53.4 Å². The topological polar surface area (TPSA) is 52.6 Å². The lowest BCUT2D eigenvalue weighted by Crippen LogP contribution is -2.37. The molecule has 3 rings (SSSR count). The van der Waals surface area contributed by atoms with Crippen LogP contribution in [0.25, 0.3) is 0 Å². The molecule has 0 spiro atoms. The van der Waals surface area contributed by atoms with Crippen LogP contribution >= 0.6 is 11.3 Å². The van der Waals surface area contributed by atoms with Crippen LogP contribution in [-0.2, 0) is 12.8 Å². The summed E-state index contributed by atoms with van der Waals surface area (Å²) in [6, 6.07) is 0. The SMILES string of the molecule is CC1CCc2c(C(=O)NCCCN3CCC(O)CC3)csc2C1. The van der Waals surface area contributed by atoms with E-state index in [2.05, 4.69) is 17.1 Å². The Balaban J connectivity index is 1.42. The van der Waals surface area contributed by atoms with Crippen molar-refractivity contribution in [2.75, 3.05) is 26.2 Å². The predicted molar refractivity (Wildman–Crippen MR) is 94.1 cm³/mol. The van der Waals surface area contributed by atoms with Gasteiger partial charge in [0.05, 0.1) is 11.7 Å². The second-order valence-corrected chi connectivity index (χ2v) is 8.05. The summed E-state index contributed by atoms with van der Waals surface area (Å²) in [5.74, 6) is 0.853. The summed E-state index contributed by atoms with van der Waals surface area (Å²) in [4.78, 5) is 16.2. The average molecular weight is 337 g/mol. The molecule has 23 heavy (non-hydrogen) atoms. The summed E-state index contributed by atoms with van der Waals surface area (Å²) in [6.45, 7) is 5.99. The maximum atomic E-state index is 12.4. The molecule has 1 saturated heterocycles. The highest BCUT2D eigenvalue weighted by molar-refractivity contribution is 7.10. The normalized spacial score (nSPS) is 22.8. The van der Waals surface area contributed by atoms with E-state index in [0.29, 0.717) is 0 Å². The van der Waals surface area contributed by atoms with Gasteiger partial charge in [-0.3, -0.25) is 4.79 Å². The first-order chi connectivity index (χ1) is 11.1. The van der Waals surface area contributed by atoms with Gasteiger partial charge in [0.15, 0.2) is 0 Å². The Kier molecular flexibility index (Phi) is 5.72. The highest BCUT2D eigenvalue weighted by Crippen LogP contribution is 2.32. The number of rotatable bonds is 5. The summed E-state index contributed by atoms with van der Waals surface area (Å²) >= 11 is 1.75. The maximum absolute atomic E-state index is 12.4. The van der Waals surface area contributed by atoms with Gasteiger partial charge in [-0.05, 0) is 56.6 Å². The molecule has 0 radical (unpaired) electrons. The second kappa shape index (κ2) is 7.77. The van der Waals surface area contributed by atoms with Crippen molar-refractivity contribution < 1.29 is 9.90 Å². The highest BCUT2D eigenvalue weighted by Gasteiger charge is 2.23. The number of likely N-dealkylation sites (tertiary alicyclic amines) is 1. The van der Waals surface area contributed by atoms with Crippen LogP contribution in [0.15, 0.2) is 5.38 Å². The van der Waals surface area contributed by atoms with Crippen molar-refractivity contribution in [3.8, 4) is 0 Å². The maximum Gasteiger partial charge on any atom is 0.252 e. The van der Waals surface area contributed by atoms with Gasteiger partial charge in [0.2, 0.25) is 0 Å². The fraction of sp³-hybridized carbons (Fsp3) is 0.722. The number of amides is 1. The smallest absolute Gasteiger partial charge is 0.252 e. The number of nitrogens with zero attached hydrogens (tertiary/aromatic N) is 1. The van der Waals surface area contributed by atoms with Crippen molar-refractivity contribution in [3.63, 3.8) is 0 Å². The van der Waals surface area contributed by atoms with Crippen LogP contribution in [0.2, 0.25) is 0 Å². The van der Waals surface area contributed by atoms with E-state index in [1.165, 1.54) is 16.9 Å². The Morgan fingerprint density at radius 1 is 1.39 bits per heavy atom. The molecule has 1 atom stereocenters.